The maximum Gasteiger partial charge on any atom is 0.177 e. The SMILES string of the molecule is C.C.CC.CC.[CH2-]CC1=C(C)C(CC2=[N+](C)C(CCCC)=CC2)C=C1.[CH3-].[Y].[Y].[Y].[Y].[Y].[Y].[Y].[Y].[Y].[Y].[Y]. The van der Waals surface area contributed by atoms with Crippen molar-refractivity contribution >= 4 is 5.71 Å². The molecule has 189 valence electrons. The minimum absolute atomic E-state index is 0. The van der Waals surface area contributed by atoms with Crippen LogP contribution < -0.4 is 0 Å². The summed E-state index contributed by atoms with van der Waals surface area (Å²) >= 11 is 0. The van der Waals surface area contributed by atoms with Gasteiger partial charge in [0.25, 0.3) is 0 Å². The van der Waals surface area contributed by atoms with E-state index in [9.17, 15) is 0 Å². The first-order chi connectivity index (χ1) is 11.2. The van der Waals surface area contributed by atoms with Gasteiger partial charge in [-0.15, -0.1) is 0 Å². The van der Waals surface area contributed by atoms with Crippen LogP contribution in [0, 0.1) is 20.3 Å². The van der Waals surface area contributed by atoms with Crippen molar-refractivity contribution in [2.75, 3.05) is 7.05 Å². The van der Waals surface area contributed by atoms with Gasteiger partial charge in [-0.1, -0.05) is 79.2 Å². The largest absolute Gasteiger partial charge is 0.358 e. The average Bonchev–Trinajstić information content (AvgIpc) is 3.13. The third-order valence-corrected chi connectivity index (χ3v) is 4.58. The van der Waals surface area contributed by atoms with Gasteiger partial charge in [-0.3, -0.25) is 0 Å². The molecule has 0 saturated carbocycles. The molecule has 0 aromatic heterocycles. The van der Waals surface area contributed by atoms with Crippen LogP contribution in [0.3, 0.4) is 0 Å². The van der Waals surface area contributed by atoms with Gasteiger partial charge in [0.05, 0.1) is 6.42 Å². The summed E-state index contributed by atoms with van der Waals surface area (Å²) in [6.45, 7) is 16.5. The molecular formula is C25H50NY11-. The van der Waals surface area contributed by atoms with Crippen molar-refractivity contribution in [3.8, 4) is 0 Å². The van der Waals surface area contributed by atoms with Gasteiger partial charge in [-0.05, 0) is 19.4 Å². The van der Waals surface area contributed by atoms with E-state index in [-0.39, 0.29) is 382 Å². The second kappa shape index (κ2) is 68.9. The third kappa shape index (κ3) is 43.1. The van der Waals surface area contributed by atoms with Gasteiger partial charge in [0, 0.05) is 379 Å². The number of hydrogen-bond donors (Lipinski definition) is 0. The quantitative estimate of drug-likeness (QED) is 0.186. The van der Waals surface area contributed by atoms with Crippen molar-refractivity contribution < 1.29 is 364 Å². The summed E-state index contributed by atoms with van der Waals surface area (Å²) in [4.78, 5) is 0. The zero-order valence-electron chi connectivity index (χ0n) is 24.1. The minimum atomic E-state index is 0. The van der Waals surface area contributed by atoms with Gasteiger partial charge in [0.2, 0.25) is 0 Å². The van der Waals surface area contributed by atoms with E-state index in [1.54, 1.807) is 5.71 Å². The topological polar surface area (TPSA) is 3.01 Å². The maximum atomic E-state index is 4.01. The summed E-state index contributed by atoms with van der Waals surface area (Å²) in [5.74, 6) is 0.605. The van der Waals surface area contributed by atoms with Crippen molar-refractivity contribution in [1.29, 1.82) is 0 Å². The number of rotatable bonds is 6. The fourth-order valence-corrected chi connectivity index (χ4v) is 3.06. The Kier molecular flexibility index (Phi) is 181. The van der Waals surface area contributed by atoms with Crippen LogP contribution in [0.4, 0.5) is 0 Å². The summed E-state index contributed by atoms with van der Waals surface area (Å²) in [5, 5.41) is 0. The predicted molar refractivity (Wildman–Crippen MR) is 126 cm³/mol. The molecule has 1 atom stereocenters. The summed E-state index contributed by atoms with van der Waals surface area (Å²) in [7, 11) is 2.24. The van der Waals surface area contributed by atoms with Gasteiger partial charge in [0.1, 0.15) is 7.05 Å². The van der Waals surface area contributed by atoms with Crippen LogP contribution in [0.1, 0.15) is 94.9 Å². The van der Waals surface area contributed by atoms with E-state index in [4.69, 9.17) is 0 Å². The average molecular weight is 1340 g/mol. The molecule has 0 bridgehead atoms. The molecule has 0 aromatic carbocycles. The van der Waals surface area contributed by atoms with E-state index < -0.39 is 0 Å². The van der Waals surface area contributed by atoms with E-state index in [1.165, 1.54) is 42.5 Å². The Labute approximate surface area is 513 Å². The van der Waals surface area contributed by atoms with Gasteiger partial charge < -0.3 is 14.4 Å². The van der Waals surface area contributed by atoms with Gasteiger partial charge in [-0.25, -0.2) is 4.58 Å². The van der Waals surface area contributed by atoms with E-state index in [0.29, 0.717) is 5.92 Å². The predicted octanol–water partition coefficient (Wildman–Crippen LogP) is 8.41. The minimum Gasteiger partial charge on any atom is -0.358 e. The zero-order chi connectivity index (χ0) is 17.8. The molecule has 0 fully saturated rings. The van der Waals surface area contributed by atoms with E-state index >= 15 is 0 Å². The normalized spacial score (nSPS) is 12.0. The monoisotopic (exact) mass is 1340 g/mol. The van der Waals surface area contributed by atoms with Crippen molar-refractivity contribution in [1.82, 2.24) is 0 Å². The van der Waals surface area contributed by atoms with Crippen LogP contribution in [-0.4, -0.2) is 17.3 Å². The molecule has 0 aromatic rings. The number of unbranched alkanes of at least 4 members (excludes halogenated alkanes) is 1. The van der Waals surface area contributed by atoms with Crippen LogP contribution in [0.15, 0.2) is 35.1 Å². The van der Waals surface area contributed by atoms with Crippen LogP contribution >= 0.6 is 0 Å². The van der Waals surface area contributed by atoms with Crippen molar-refractivity contribution in [3.63, 3.8) is 0 Å². The fourth-order valence-electron chi connectivity index (χ4n) is 3.06. The summed E-state index contributed by atoms with van der Waals surface area (Å²) in [5.41, 5.74) is 6.06. The van der Waals surface area contributed by atoms with Crippen molar-refractivity contribution in [2.45, 2.75) is 94.9 Å². The Bertz CT molecular complexity index is 493. The molecular weight excluding hydrogens is 1290 g/mol. The summed E-state index contributed by atoms with van der Waals surface area (Å²) in [6, 6.07) is 0. The molecule has 2 rings (SSSR count). The molecule has 0 spiro atoms. The molecule has 37 heavy (non-hydrogen) atoms. The van der Waals surface area contributed by atoms with Gasteiger partial charge in [0.15, 0.2) is 11.4 Å². The summed E-state index contributed by atoms with van der Waals surface area (Å²) in [6.07, 6.45) is 14.1. The Morgan fingerprint density at radius 2 is 1.24 bits per heavy atom. The standard InChI is InChI=1S/C18H27N.2C2H6.2CH4.CH3.11Y/c1-5-7-8-17-11-12-18(19(17)4)13-16-10-9-15(6-2)14(16)3;2*1-2;;;;;;;;;;;;;;/h9-11,16H,2,5-8,12-13H2,1,3-4H3;2*1-2H3;2*1H4;1H3;;;;;;;;;;;/q;;;;;-1;;;;;;;;;;;. The Hall–Kier alpha value is 11.0. The number of hydrogen-bond acceptors (Lipinski definition) is 0. The molecule has 1 heterocycles. The second-order valence-electron chi connectivity index (χ2n) is 5.76. The zero-order valence-corrected chi connectivity index (χ0v) is 55.3. The second-order valence-corrected chi connectivity index (χ2v) is 5.76. The first-order valence-corrected chi connectivity index (χ1v) is 9.61. The third-order valence-electron chi connectivity index (χ3n) is 4.58. The summed E-state index contributed by atoms with van der Waals surface area (Å²) < 4.78 is 2.44. The Morgan fingerprint density at radius 1 is 0.838 bits per heavy atom. The molecule has 11 radical (unpaired) electrons. The van der Waals surface area contributed by atoms with Crippen LogP contribution in [-0.2, 0) is 360 Å². The first-order valence-electron chi connectivity index (χ1n) is 9.61. The maximum absolute atomic E-state index is 4.01. The first kappa shape index (κ1) is 97.4. The van der Waals surface area contributed by atoms with Crippen LogP contribution in [0.25, 0.3) is 0 Å². The number of nitrogens with zero attached hydrogens (tertiary/aromatic N) is 1. The fraction of sp³-hybridized carbons (Fsp3) is 0.640. The van der Waals surface area contributed by atoms with E-state index in [1.807, 2.05) is 27.7 Å². The number of allylic oxidation sites excluding steroid dienone is 6. The Morgan fingerprint density at radius 3 is 1.57 bits per heavy atom. The van der Waals surface area contributed by atoms with Crippen molar-refractivity contribution in [3.05, 3.63) is 49.4 Å². The molecule has 1 nitrogen and oxygen atoms in total. The van der Waals surface area contributed by atoms with Crippen molar-refractivity contribution in [2.24, 2.45) is 5.92 Å². The van der Waals surface area contributed by atoms with Crippen LogP contribution in [0.2, 0.25) is 0 Å². The smallest absolute Gasteiger partial charge is 0.177 e. The molecule has 0 saturated heterocycles. The molecule has 0 amide bonds. The Balaban J connectivity index is -0.0000000198. The van der Waals surface area contributed by atoms with Crippen LogP contribution in [0.5, 0.6) is 0 Å². The molecule has 2 aliphatic rings. The van der Waals surface area contributed by atoms with E-state index in [2.05, 4.69) is 50.6 Å². The van der Waals surface area contributed by atoms with E-state index in [0.717, 1.165) is 12.8 Å². The van der Waals surface area contributed by atoms with Gasteiger partial charge >= 0.3 is 0 Å². The van der Waals surface area contributed by atoms with Gasteiger partial charge in [-0.2, -0.15) is 6.42 Å². The molecule has 1 unspecified atom stereocenters. The molecule has 1 aliphatic heterocycles. The molecule has 0 N–H and O–H groups in total. The molecule has 1 aliphatic carbocycles. The molecule has 12 heteroatoms.